The van der Waals surface area contributed by atoms with E-state index in [2.05, 4.69) is 15.6 Å². The Hall–Kier alpha value is -1.66. The van der Waals surface area contributed by atoms with Gasteiger partial charge in [0, 0.05) is 39.1 Å². The Labute approximate surface area is 114 Å². The van der Waals surface area contributed by atoms with Crippen LogP contribution in [0.2, 0.25) is 0 Å². The fraction of sp³-hybridized carbons (Fsp3) is 0.538. The van der Waals surface area contributed by atoms with Crippen molar-refractivity contribution in [2.45, 2.75) is 6.54 Å². The molecule has 0 aliphatic carbocycles. The zero-order valence-electron chi connectivity index (χ0n) is 11.8. The van der Waals surface area contributed by atoms with Gasteiger partial charge in [0.2, 0.25) is 5.91 Å². The van der Waals surface area contributed by atoms with Crippen molar-refractivity contribution in [3.8, 4) is 0 Å². The SMILES string of the molecule is CNc1ccnc(CN(C)CC(=O)NCCOC)c1. The van der Waals surface area contributed by atoms with Gasteiger partial charge in [-0.1, -0.05) is 0 Å². The van der Waals surface area contributed by atoms with Crippen LogP contribution in [0, 0.1) is 0 Å². The van der Waals surface area contributed by atoms with Crippen LogP contribution in [0.1, 0.15) is 5.69 Å². The number of pyridine rings is 1. The third-order valence-corrected chi connectivity index (χ3v) is 2.58. The van der Waals surface area contributed by atoms with Crippen LogP contribution >= 0.6 is 0 Å². The molecule has 0 saturated heterocycles. The van der Waals surface area contributed by atoms with Crippen LogP contribution in [-0.4, -0.2) is 56.7 Å². The van der Waals surface area contributed by atoms with E-state index in [1.807, 2.05) is 31.1 Å². The maximum absolute atomic E-state index is 11.6. The standard InChI is InChI=1S/C13H22N4O2/c1-14-11-4-5-15-12(8-11)9-17(2)10-13(18)16-6-7-19-3/h4-5,8H,6-7,9-10H2,1-3H3,(H,14,15)(H,16,18). The van der Waals surface area contributed by atoms with E-state index in [1.54, 1.807) is 13.3 Å². The number of nitrogens with one attached hydrogen (secondary N) is 2. The number of ether oxygens (including phenoxy) is 1. The first kappa shape index (κ1) is 15.4. The molecule has 0 aliphatic heterocycles. The molecule has 0 aliphatic rings. The first-order valence-electron chi connectivity index (χ1n) is 6.22. The largest absolute Gasteiger partial charge is 0.388 e. The van der Waals surface area contributed by atoms with E-state index in [0.717, 1.165) is 11.4 Å². The Morgan fingerprint density at radius 3 is 3.00 bits per heavy atom. The number of aromatic nitrogens is 1. The third-order valence-electron chi connectivity index (χ3n) is 2.58. The van der Waals surface area contributed by atoms with Crippen LogP contribution in [-0.2, 0) is 16.1 Å². The lowest BCUT2D eigenvalue weighted by Gasteiger charge is -2.16. The fourth-order valence-corrected chi connectivity index (χ4v) is 1.65. The topological polar surface area (TPSA) is 66.5 Å². The van der Waals surface area contributed by atoms with Crippen LogP contribution in [0.5, 0.6) is 0 Å². The molecule has 0 bridgehead atoms. The summed E-state index contributed by atoms with van der Waals surface area (Å²) in [7, 11) is 5.37. The highest BCUT2D eigenvalue weighted by Gasteiger charge is 2.07. The minimum Gasteiger partial charge on any atom is -0.388 e. The summed E-state index contributed by atoms with van der Waals surface area (Å²) >= 11 is 0. The van der Waals surface area contributed by atoms with Crippen LogP contribution < -0.4 is 10.6 Å². The predicted octanol–water partition coefficient (Wildman–Crippen LogP) is 0.318. The lowest BCUT2D eigenvalue weighted by atomic mass is 10.3. The van der Waals surface area contributed by atoms with E-state index in [0.29, 0.717) is 26.2 Å². The molecule has 6 heteroatoms. The van der Waals surface area contributed by atoms with Gasteiger partial charge in [-0.05, 0) is 19.2 Å². The van der Waals surface area contributed by atoms with Gasteiger partial charge < -0.3 is 15.4 Å². The van der Waals surface area contributed by atoms with E-state index in [-0.39, 0.29) is 5.91 Å². The van der Waals surface area contributed by atoms with Crippen LogP contribution in [0.3, 0.4) is 0 Å². The average Bonchev–Trinajstić information content (AvgIpc) is 2.39. The number of carbonyl (C=O) groups is 1. The summed E-state index contributed by atoms with van der Waals surface area (Å²) < 4.78 is 4.87. The molecule has 0 radical (unpaired) electrons. The van der Waals surface area contributed by atoms with Crippen molar-refractivity contribution in [1.82, 2.24) is 15.2 Å². The number of hydrogen-bond acceptors (Lipinski definition) is 5. The van der Waals surface area contributed by atoms with Crippen molar-refractivity contribution in [3.05, 3.63) is 24.0 Å². The van der Waals surface area contributed by atoms with E-state index in [1.165, 1.54) is 0 Å². The molecule has 1 aromatic rings. The van der Waals surface area contributed by atoms with Gasteiger partial charge in [0.15, 0.2) is 0 Å². The molecule has 1 heterocycles. The zero-order valence-corrected chi connectivity index (χ0v) is 11.8. The average molecular weight is 266 g/mol. The number of amides is 1. The first-order chi connectivity index (χ1) is 9.15. The maximum Gasteiger partial charge on any atom is 0.234 e. The number of carbonyl (C=O) groups excluding carboxylic acids is 1. The van der Waals surface area contributed by atoms with Crippen molar-refractivity contribution in [3.63, 3.8) is 0 Å². The highest BCUT2D eigenvalue weighted by atomic mass is 16.5. The number of hydrogen-bond donors (Lipinski definition) is 2. The number of likely N-dealkylation sites (N-methyl/N-ethyl adjacent to an activating group) is 1. The molecule has 0 saturated carbocycles. The van der Waals surface area contributed by atoms with Crippen molar-refractivity contribution in [2.24, 2.45) is 0 Å². The summed E-state index contributed by atoms with van der Waals surface area (Å²) in [4.78, 5) is 17.8. The fourth-order valence-electron chi connectivity index (χ4n) is 1.65. The normalized spacial score (nSPS) is 10.5. The molecule has 0 spiro atoms. The van der Waals surface area contributed by atoms with Gasteiger partial charge >= 0.3 is 0 Å². The van der Waals surface area contributed by atoms with Crippen LogP contribution in [0.15, 0.2) is 18.3 Å². The lowest BCUT2D eigenvalue weighted by molar-refractivity contribution is -0.122. The Balaban J connectivity index is 2.37. The molecule has 19 heavy (non-hydrogen) atoms. The lowest BCUT2D eigenvalue weighted by Crippen LogP contribution is -2.36. The van der Waals surface area contributed by atoms with Gasteiger partial charge in [-0.25, -0.2) is 0 Å². The van der Waals surface area contributed by atoms with E-state index >= 15 is 0 Å². The van der Waals surface area contributed by atoms with Crippen molar-refractivity contribution >= 4 is 11.6 Å². The van der Waals surface area contributed by atoms with Crippen molar-refractivity contribution < 1.29 is 9.53 Å². The maximum atomic E-state index is 11.6. The number of rotatable bonds is 8. The summed E-state index contributed by atoms with van der Waals surface area (Å²) in [5.74, 6) is -0.00989. The zero-order chi connectivity index (χ0) is 14.1. The molecule has 0 atom stereocenters. The number of anilines is 1. The predicted molar refractivity (Wildman–Crippen MR) is 75.0 cm³/mol. The van der Waals surface area contributed by atoms with Gasteiger partial charge in [-0.15, -0.1) is 0 Å². The second kappa shape index (κ2) is 8.44. The van der Waals surface area contributed by atoms with Crippen LogP contribution in [0.4, 0.5) is 5.69 Å². The first-order valence-corrected chi connectivity index (χ1v) is 6.22. The monoisotopic (exact) mass is 266 g/mol. The van der Waals surface area contributed by atoms with Gasteiger partial charge in [0.25, 0.3) is 0 Å². The summed E-state index contributed by atoms with van der Waals surface area (Å²) in [5, 5.41) is 5.85. The van der Waals surface area contributed by atoms with E-state index in [9.17, 15) is 4.79 Å². The minimum absolute atomic E-state index is 0.00989. The number of methoxy groups -OCH3 is 1. The number of nitrogens with zero attached hydrogens (tertiary/aromatic N) is 2. The highest BCUT2D eigenvalue weighted by Crippen LogP contribution is 2.08. The molecule has 1 amide bonds. The van der Waals surface area contributed by atoms with Crippen molar-refractivity contribution in [2.75, 3.05) is 46.2 Å². The quantitative estimate of drug-likeness (QED) is 0.663. The third kappa shape index (κ3) is 6.17. The smallest absolute Gasteiger partial charge is 0.234 e. The molecular weight excluding hydrogens is 244 g/mol. The van der Waals surface area contributed by atoms with E-state index < -0.39 is 0 Å². The summed E-state index contributed by atoms with van der Waals surface area (Å²) in [5.41, 5.74) is 1.95. The molecule has 6 nitrogen and oxygen atoms in total. The van der Waals surface area contributed by atoms with Gasteiger partial charge in [-0.2, -0.15) is 0 Å². The molecule has 2 N–H and O–H groups in total. The van der Waals surface area contributed by atoms with Gasteiger partial charge in [0.05, 0.1) is 18.8 Å². The second-order valence-corrected chi connectivity index (χ2v) is 4.30. The Morgan fingerprint density at radius 1 is 1.53 bits per heavy atom. The molecule has 106 valence electrons. The highest BCUT2D eigenvalue weighted by molar-refractivity contribution is 5.77. The van der Waals surface area contributed by atoms with Crippen LogP contribution in [0.25, 0.3) is 0 Å². The Morgan fingerprint density at radius 2 is 2.32 bits per heavy atom. The minimum atomic E-state index is -0.00989. The molecule has 1 aromatic heterocycles. The molecular formula is C13H22N4O2. The Kier molecular flexibility index (Phi) is 6.84. The second-order valence-electron chi connectivity index (χ2n) is 4.30. The Bertz CT molecular complexity index is 398. The van der Waals surface area contributed by atoms with Gasteiger partial charge in [0.1, 0.15) is 0 Å². The summed E-state index contributed by atoms with van der Waals surface area (Å²) in [6.07, 6.45) is 1.76. The van der Waals surface area contributed by atoms with E-state index in [4.69, 9.17) is 4.74 Å². The molecule has 0 fully saturated rings. The molecule has 0 aromatic carbocycles. The molecule has 1 rings (SSSR count). The summed E-state index contributed by atoms with van der Waals surface area (Å²) in [6.45, 7) is 2.04. The molecule has 0 unspecified atom stereocenters. The van der Waals surface area contributed by atoms with Gasteiger partial charge in [-0.3, -0.25) is 14.7 Å². The van der Waals surface area contributed by atoms with Crippen molar-refractivity contribution in [1.29, 1.82) is 0 Å². The summed E-state index contributed by atoms with van der Waals surface area (Å²) in [6, 6.07) is 3.88.